The van der Waals surface area contributed by atoms with Gasteiger partial charge in [0.2, 0.25) is 0 Å². The summed E-state index contributed by atoms with van der Waals surface area (Å²) in [6.45, 7) is 10.2. The number of aromatic nitrogens is 1. The zero-order valence-corrected chi connectivity index (χ0v) is 13.5. The van der Waals surface area contributed by atoms with E-state index in [1.54, 1.807) is 0 Å². The first-order valence-electron chi connectivity index (χ1n) is 7.53. The molecule has 0 spiro atoms. The second-order valence-electron chi connectivity index (χ2n) is 5.82. The predicted molar refractivity (Wildman–Crippen MR) is 84.0 cm³/mol. The van der Waals surface area contributed by atoms with Crippen LogP contribution in [0.15, 0.2) is 0 Å². The Morgan fingerprint density at radius 1 is 1.37 bits per heavy atom. The minimum atomic E-state index is 0.824. The quantitative estimate of drug-likeness (QED) is 0.897. The normalized spacial score (nSPS) is 17.4. The van der Waals surface area contributed by atoms with Crippen LogP contribution in [0, 0.1) is 11.8 Å². The Morgan fingerprint density at radius 2 is 2.05 bits per heavy atom. The first-order chi connectivity index (χ1) is 9.15. The summed E-state index contributed by atoms with van der Waals surface area (Å²) in [6, 6.07) is 0. The van der Waals surface area contributed by atoms with Gasteiger partial charge in [-0.05, 0) is 38.1 Å². The van der Waals surface area contributed by atoms with Crippen molar-refractivity contribution in [2.24, 2.45) is 11.8 Å². The molecule has 1 aromatic heterocycles. The first kappa shape index (κ1) is 14.8. The van der Waals surface area contributed by atoms with E-state index in [0.29, 0.717) is 0 Å². The molecule has 1 aliphatic heterocycles. The van der Waals surface area contributed by atoms with Crippen LogP contribution < -0.4 is 10.2 Å². The van der Waals surface area contributed by atoms with Crippen LogP contribution in [0.2, 0.25) is 0 Å². The van der Waals surface area contributed by atoms with Gasteiger partial charge in [-0.1, -0.05) is 20.8 Å². The van der Waals surface area contributed by atoms with E-state index in [1.807, 2.05) is 18.4 Å². The van der Waals surface area contributed by atoms with Crippen molar-refractivity contribution in [3.8, 4) is 0 Å². The van der Waals surface area contributed by atoms with Gasteiger partial charge in [0.1, 0.15) is 0 Å². The molecular formula is C15H27N3S. The Balaban J connectivity index is 2.03. The fourth-order valence-corrected chi connectivity index (χ4v) is 4.05. The molecule has 2 heterocycles. The van der Waals surface area contributed by atoms with Crippen molar-refractivity contribution in [1.82, 2.24) is 10.3 Å². The smallest absolute Gasteiger partial charge is 0.185 e. The lowest BCUT2D eigenvalue weighted by atomic mass is 9.87. The lowest BCUT2D eigenvalue weighted by molar-refractivity contribution is 0.311. The first-order valence-corrected chi connectivity index (χ1v) is 8.35. The van der Waals surface area contributed by atoms with E-state index in [4.69, 9.17) is 4.98 Å². The summed E-state index contributed by atoms with van der Waals surface area (Å²) in [4.78, 5) is 8.74. The SMILES string of the molecule is CCc1nc(N2CCC(C(C)C)CC2)sc1CNC. The lowest BCUT2D eigenvalue weighted by Gasteiger charge is -2.33. The van der Waals surface area contributed by atoms with E-state index in [-0.39, 0.29) is 0 Å². The molecule has 2 rings (SSSR count). The number of nitrogens with one attached hydrogen (secondary N) is 1. The highest BCUT2D eigenvalue weighted by atomic mass is 32.1. The number of piperidine rings is 1. The molecule has 0 bridgehead atoms. The summed E-state index contributed by atoms with van der Waals surface area (Å²) in [5.74, 6) is 1.73. The van der Waals surface area contributed by atoms with Crippen molar-refractivity contribution < 1.29 is 0 Å². The molecule has 3 nitrogen and oxygen atoms in total. The molecule has 0 radical (unpaired) electrons. The Kier molecular flexibility index (Phi) is 5.22. The molecular weight excluding hydrogens is 254 g/mol. The molecule has 19 heavy (non-hydrogen) atoms. The fourth-order valence-electron chi connectivity index (χ4n) is 2.84. The molecule has 0 amide bonds. The van der Waals surface area contributed by atoms with E-state index < -0.39 is 0 Å². The number of hydrogen-bond acceptors (Lipinski definition) is 4. The fraction of sp³-hybridized carbons (Fsp3) is 0.800. The number of thiazole rings is 1. The van der Waals surface area contributed by atoms with Crippen molar-refractivity contribution >= 4 is 16.5 Å². The largest absolute Gasteiger partial charge is 0.348 e. The van der Waals surface area contributed by atoms with Crippen LogP contribution >= 0.6 is 11.3 Å². The van der Waals surface area contributed by atoms with Gasteiger partial charge in [-0.15, -0.1) is 11.3 Å². The maximum atomic E-state index is 4.85. The number of hydrogen-bond donors (Lipinski definition) is 1. The number of aryl methyl sites for hydroxylation is 1. The molecule has 0 atom stereocenters. The van der Waals surface area contributed by atoms with Crippen LogP contribution in [-0.2, 0) is 13.0 Å². The van der Waals surface area contributed by atoms with Crippen LogP contribution in [0.3, 0.4) is 0 Å². The number of anilines is 1. The van der Waals surface area contributed by atoms with E-state index in [9.17, 15) is 0 Å². The molecule has 108 valence electrons. The van der Waals surface area contributed by atoms with Crippen LogP contribution in [-0.4, -0.2) is 25.1 Å². The van der Waals surface area contributed by atoms with Crippen molar-refractivity contribution in [3.05, 3.63) is 10.6 Å². The van der Waals surface area contributed by atoms with Gasteiger partial charge in [0.25, 0.3) is 0 Å². The zero-order chi connectivity index (χ0) is 13.8. The van der Waals surface area contributed by atoms with Gasteiger partial charge in [0.05, 0.1) is 5.69 Å². The molecule has 1 N–H and O–H groups in total. The molecule has 1 saturated heterocycles. The Bertz CT molecular complexity index is 392. The lowest BCUT2D eigenvalue weighted by Crippen LogP contribution is -2.35. The van der Waals surface area contributed by atoms with Gasteiger partial charge >= 0.3 is 0 Å². The average Bonchev–Trinajstić information content (AvgIpc) is 2.82. The summed E-state index contributed by atoms with van der Waals surface area (Å²) >= 11 is 1.88. The standard InChI is InChI=1S/C15H27N3S/c1-5-13-14(10-16-4)19-15(17-13)18-8-6-12(7-9-18)11(2)3/h11-12,16H,5-10H2,1-4H3. The summed E-state index contributed by atoms with van der Waals surface area (Å²) in [5.41, 5.74) is 1.28. The maximum absolute atomic E-state index is 4.85. The van der Waals surface area contributed by atoms with E-state index in [0.717, 1.165) is 24.8 Å². The van der Waals surface area contributed by atoms with E-state index in [2.05, 4.69) is 31.0 Å². The van der Waals surface area contributed by atoms with Gasteiger partial charge in [-0.25, -0.2) is 4.98 Å². The van der Waals surface area contributed by atoms with E-state index >= 15 is 0 Å². The minimum absolute atomic E-state index is 0.824. The second kappa shape index (κ2) is 6.71. The zero-order valence-electron chi connectivity index (χ0n) is 12.7. The molecule has 1 aromatic rings. The monoisotopic (exact) mass is 281 g/mol. The minimum Gasteiger partial charge on any atom is -0.348 e. The second-order valence-corrected chi connectivity index (χ2v) is 6.88. The number of rotatable bonds is 5. The molecule has 4 heteroatoms. The molecule has 0 unspecified atom stereocenters. The summed E-state index contributed by atoms with van der Waals surface area (Å²) in [6.07, 6.45) is 3.68. The molecule has 0 aliphatic carbocycles. The van der Waals surface area contributed by atoms with Crippen molar-refractivity contribution in [1.29, 1.82) is 0 Å². The molecule has 0 aromatic carbocycles. The van der Waals surface area contributed by atoms with Gasteiger partial charge in [-0.3, -0.25) is 0 Å². The van der Waals surface area contributed by atoms with Crippen LogP contribution in [0.5, 0.6) is 0 Å². The van der Waals surface area contributed by atoms with Crippen molar-refractivity contribution in [3.63, 3.8) is 0 Å². The van der Waals surface area contributed by atoms with Crippen molar-refractivity contribution in [2.75, 3.05) is 25.0 Å². The Morgan fingerprint density at radius 3 is 2.58 bits per heavy atom. The van der Waals surface area contributed by atoms with Gasteiger partial charge in [0, 0.05) is 24.5 Å². The average molecular weight is 281 g/mol. The summed E-state index contributed by atoms with van der Waals surface area (Å²) in [5, 5.41) is 4.49. The molecule has 1 fully saturated rings. The van der Waals surface area contributed by atoms with E-state index in [1.165, 1.54) is 41.6 Å². The highest BCUT2D eigenvalue weighted by molar-refractivity contribution is 7.15. The van der Waals surface area contributed by atoms with Gasteiger partial charge in [-0.2, -0.15) is 0 Å². The van der Waals surface area contributed by atoms with Crippen LogP contribution in [0.1, 0.15) is 44.2 Å². The van der Waals surface area contributed by atoms with Crippen LogP contribution in [0.4, 0.5) is 5.13 Å². The molecule has 0 saturated carbocycles. The summed E-state index contributed by atoms with van der Waals surface area (Å²) < 4.78 is 0. The third-order valence-electron chi connectivity index (χ3n) is 4.19. The third kappa shape index (κ3) is 3.48. The third-order valence-corrected chi connectivity index (χ3v) is 5.35. The van der Waals surface area contributed by atoms with Crippen LogP contribution in [0.25, 0.3) is 0 Å². The van der Waals surface area contributed by atoms with Gasteiger partial charge in [0.15, 0.2) is 5.13 Å². The van der Waals surface area contributed by atoms with Gasteiger partial charge < -0.3 is 10.2 Å². The topological polar surface area (TPSA) is 28.2 Å². The van der Waals surface area contributed by atoms with Crippen molar-refractivity contribution in [2.45, 2.75) is 46.6 Å². The predicted octanol–water partition coefficient (Wildman–Crippen LogP) is 3.30. The maximum Gasteiger partial charge on any atom is 0.185 e. The summed E-state index contributed by atoms with van der Waals surface area (Å²) in [7, 11) is 2.01. The Hall–Kier alpha value is -0.610. The Labute approximate surface area is 121 Å². The highest BCUT2D eigenvalue weighted by Crippen LogP contribution is 2.32. The number of nitrogens with zero attached hydrogens (tertiary/aromatic N) is 2. The highest BCUT2D eigenvalue weighted by Gasteiger charge is 2.24. The molecule has 1 aliphatic rings.